The molecule has 3 heteroatoms. The third kappa shape index (κ3) is 2.87. The molecule has 0 fully saturated rings. The molecule has 1 heterocycles. The lowest BCUT2D eigenvalue weighted by atomic mass is 10.1. The van der Waals surface area contributed by atoms with Crippen LogP contribution in [-0.4, -0.2) is 13.1 Å². The fourth-order valence-electron chi connectivity index (χ4n) is 2.33. The van der Waals surface area contributed by atoms with Crippen LogP contribution in [0.4, 0.5) is 5.69 Å². The average molecular weight is 338 g/mol. The summed E-state index contributed by atoms with van der Waals surface area (Å²) in [4.78, 5) is 5.09. The molecule has 0 N–H and O–H groups in total. The topological polar surface area (TPSA) is 3.24 Å². The molecule has 0 atom stereocenters. The van der Waals surface area contributed by atoms with Gasteiger partial charge in [0, 0.05) is 33.0 Å². The first-order valence-corrected chi connectivity index (χ1v) is 8.30. The average Bonchev–Trinajstić information content (AvgIpc) is 2.69. The highest BCUT2D eigenvalue weighted by Gasteiger charge is 2.11. The Bertz CT molecular complexity index is 553. The van der Waals surface area contributed by atoms with E-state index in [1.54, 1.807) is 0 Å². The normalized spacial score (nSPS) is 10.8. The number of hydrogen-bond acceptors (Lipinski definition) is 2. The minimum absolute atomic E-state index is 1.05. The molecule has 0 saturated carbocycles. The van der Waals surface area contributed by atoms with Crippen LogP contribution in [0.2, 0.25) is 0 Å². The number of rotatable bonds is 4. The lowest BCUT2D eigenvalue weighted by Gasteiger charge is -2.21. The van der Waals surface area contributed by atoms with E-state index in [9.17, 15) is 0 Å². The molecule has 1 aromatic heterocycles. The number of halogens is 1. The number of nitrogens with zero attached hydrogens (tertiary/aromatic N) is 1. The van der Waals surface area contributed by atoms with Crippen LogP contribution in [-0.2, 0) is 0 Å². The van der Waals surface area contributed by atoms with Crippen LogP contribution in [0.25, 0.3) is 10.4 Å². The molecule has 0 aliphatic heterocycles. The van der Waals surface area contributed by atoms with Crippen molar-refractivity contribution in [3.63, 3.8) is 0 Å². The molecule has 0 radical (unpaired) electrons. The van der Waals surface area contributed by atoms with Crippen LogP contribution in [0, 0.1) is 13.8 Å². The van der Waals surface area contributed by atoms with Gasteiger partial charge in [0.15, 0.2) is 0 Å². The summed E-state index contributed by atoms with van der Waals surface area (Å²) in [6, 6.07) is 8.92. The van der Waals surface area contributed by atoms with Crippen molar-refractivity contribution < 1.29 is 0 Å². The van der Waals surface area contributed by atoms with Crippen molar-refractivity contribution in [1.82, 2.24) is 0 Å². The van der Waals surface area contributed by atoms with Crippen molar-refractivity contribution in [2.45, 2.75) is 27.7 Å². The first-order chi connectivity index (χ1) is 9.08. The summed E-state index contributed by atoms with van der Waals surface area (Å²) in [6.45, 7) is 10.8. The first kappa shape index (κ1) is 14.6. The van der Waals surface area contributed by atoms with Crippen LogP contribution >= 0.6 is 27.3 Å². The van der Waals surface area contributed by atoms with E-state index in [1.807, 2.05) is 11.3 Å². The van der Waals surface area contributed by atoms with E-state index in [2.05, 4.69) is 72.8 Å². The Morgan fingerprint density at radius 2 is 1.63 bits per heavy atom. The van der Waals surface area contributed by atoms with Gasteiger partial charge in [0.1, 0.15) is 0 Å². The summed E-state index contributed by atoms with van der Waals surface area (Å²) in [5.41, 5.74) is 3.96. The maximum Gasteiger partial charge on any atom is 0.0386 e. The zero-order chi connectivity index (χ0) is 14.0. The van der Waals surface area contributed by atoms with Crippen LogP contribution in [0.3, 0.4) is 0 Å². The van der Waals surface area contributed by atoms with Gasteiger partial charge in [-0.05, 0) is 66.9 Å². The molecule has 0 saturated heterocycles. The highest BCUT2D eigenvalue weighted by Crippen LogP contribution is 2.39. The van der Waals surface area contributed by atoms with Crippen LogP contribution in [0.1, 0.15) is 24.3 Å². The van der Waals surface area contributed by atoms with Gasteiger partial charge in [-0.2, -0.15) is 0 Å². The van der Waals surface area contributed by atoms with Crippen molar-refractivity contribution in [1.29, 1.82) is 0 Å². The summed E-state index contributed by atoms with van der Waals surface area (Å²) in [6.07, 6.45) is 0. The van der Waals surface area contributed by atoms with Gasteiger partial charge in [-0.25, -0.2) is 0 Å². The highest BCUT2D eigenvalue weighted by molar-refractivity contribution is 9.10. The molecule has 0 bridgehead atoms. The molecule has 0 aliphatic rings. The maximum atomic E-state index is 3.66. The number of aryl methyl sites for hydroxylation is 1. The fourth-order valence-corrected chi connectivity index (χ4v) is 3.96. The third-order valence-corrected chi connectivity index (χ3v) is 6.20. The van der Waals surface area contributed by atoms with Gasteiger partial charge in [0.05, 0.1) is 0 Å². The monoisotopic (exact) mass is 337 g/mol. The molecule has 1 nitrogen and oxygen atoms in total. The first-order valence-electron chi connectivity index (χ1n) is 6.69. The number of benzene rings is 1. The highest BCUT2D eigenvalue weighted by atomic mass is 79.9. The van der Waals surface area contributed by atoms with Crippen molar-refractivity contribution >= 4 is 33.0 Å². The van der Waals surface area contributed by atoms with Crippen molar-refractivity contribution in [3.05, 3.63) is 39.2 Å². The van der Waals surface area contributed by atoms with E-state index in [0.29, 0.717) is 0 Å². The third-order valence-electron chi connectivity index (χ3n) is 3.49. The number of anilines is 1. The lowest BCUT2D eigenvalue weighted by molar-refractivity contribution is 0.866. The van der Waals surface area contributed by atoms with Crippen LogP contribution < -0.4 is 4.90 Å². The van der Waals surface area contributed by atoms with E-state index in [-0.39, 0.29) is 0 Å². The molecule has 2 aromatic rings. The van der Waals surface area contributed by atoms with Crippen molar-refractivity contribution in [3.8, 4) is 10.4 Å². The standard InChI is InChI=1S/C16H20BrNS/c1-5-18(6-2)14-9-7-13(8-10-14)16-11(3)15(17)12(4)19-16/h7-10H,5-6H2,1-4H3. The molecule has 0 spiro atoms. The second kappa shape index (κ2) is 6.10. The van der Waals surface area contributed by atoms with Gasteiger partial charge in [-0.3, -0.25) is 0 Å². The van der Waals surface area contributed by atoms with Gasteiger partial charge in [-0.15, -0.1) is 11.3 Å². The predicted molar refractivity (Wildman–Crippen MR) is 90.5 cm³/mol. The Morgan fingerprint density at radius 3 is 2.05 bits per heavy atom. The molecule has 102 valence electrons. The van der Waals surface area contributed by atoms with Gasteiger partial charge >= 0.3 is 0 Å². The number of thiophene rings is 1. The second-order valence-corrected chi connectivity index (χ2v) is 6.66. The summed E-state index contributed by atoms with van der Waals surface area (Å²) in [5.74, 6) is 0. The second-order valence-electron chi connectivity index (χ2n) is 4.65. The van der Waals surface area contributed by atoms with Crippen molar-refractivity contribution in [2.75, 3.05) is 18.0 Å². The van der Waals surface area contributed by atoms with E-state index in [4.69, 9.17) is 0 Å². The molecule has 0 unspecified atom stereocenters. The predicted octanol–water partition coefficient (Wildman–Crippen LogP) is 5.64. The lowest BCUT2D eigenvalue weighted by Crippen LogP contribution is -2.21. The Balaban J connectivity index is 2.34. The Labute approximate surface area is 128 Å². The Kier molecular flexibility index (Phi) is 4.69. The van der Waals surface area contributed by atoms with E-state index in [1.165, 1.54) is 31.0 Å². The van der Waals surface area contributed by atoms with E-state index < -0.39 is 0 Å². The van der Waals surface area contributed by atoms with Crippen LogP contribution in [0.15, 0.2) is 28.7 Å². The Hall–Kier alpha value is -0.800. The van der Waals surface area contributed by atoms with Crippen molar-refractivity contribution in [2.24, 2.45) is 0 Å². The molecule has 19 heavy (non-hydrogen) atoms. The molecule has 0 amide bonds. The number of hydrogen-bond donors (Lipinski definition) is 0. The van der Waals surface area contributed by atoms with Gasteiger partial charge in [0.25, 0.3) is 0 Å². The minimum Gasteiger partial charge on any atom is -0.372 e. The van der Waals surface area contributed by atoms with Gasteiger partial charge in [0.2, 0.25) is 0 Å². The smallest absolute Gasteiger partial charge is 0.0386 e. The summed E-state index contributed by atoms with van der Waals surface area (Å²) in [7, 11) is 0. The molecule has 1 aromatic carbocycles. The SMILES string of the molecule is CCN(CC)c1ccc(-c2sc(C)c(Br)c2C)cc1. The zero-order valence-electron chi connectivity index (χ0n) is 12.0. The fraction of sp³-hybridized carbons (Fsp3) is 0.375. The van der Waals surface area contributed by atoms with Gasteiger partial charge < -0.3 is 4.90 Å². The summed E-state index contributed by atoms with van der Waals surface area (Å²) in [5, 5.41) is 0. The quantitative estimate of drug-likeness (QED) is 0.697. The molecule has 0 aliphatic carbocycles. The maximum absolute atomic E-state index is 3.66. The summed E-state index contributed by atoms with van der Waals surface area (Å²) < 4.78 is 1.25. The summed E-state index contributed by atoms with van der Waals surface area (Å²) >= 11 is 5.52. The minimum atomic E-state index is 1.05. The molecule has 2 rings (SSSR count). The van der Waals surface area contributed by atoms with Crippen LogP contribution in [0.5, 0.6) is 0 Å². The van der Waals surface area contributed by atoms with E-state index >= 15 is 0 Å². The molecular formula is C16H20BrNS. The largest absolute Gasteiger partial charge is 0.372 e. The Morgan fingerprint density at radius 1 is 1.05 bits per heavy atom. The molecular weight excluding hydrogens is 318 g/mol. The zero-order valence-corrected chi connectivity index (χ0v) is 14.4. The van der Waals surface area contributed by atoms with E-state index in [0.717, 1.165) is 13.1 Å². The van der Waals surface area contributed by atoms with Gasteiger partial charge in [-0.1, -0.05) is 12.1 Å².